The maximum absolute atomic E-state index is 9.49. The Morgan fingerprint density at radius 3 is 2.53 bits per heavy atom. The average Bonchev–Trinajstić information content (AvgIpc) is 2.36. The van der Waals surface area contributed by atoms with E-state index in [4.69, 9.17) is 0 Å². The van der Waals surface area contributed by atoms with Crippen molar-refractivity contribution in [2.45, 2.75) is 33.6 Å². The largest absolute Gasteiger partial charge is 0.396 e. The van der Waals surface area contributed by atoms with Crippen LogP contribution in [0.15, 0.2) is 16.9 Å². The minimum absolute atomic E-state index is 0.0268. The summed E-state index contributed by atoms with van der Waals surface area (Å²) in [5.41, 5.74) is 2.09. The molecule has 0 aliphatic rings. The Kier molecular flexibility index (Phi) is 5.40. The van der Waals surface area contributed by atoms with Gasteiger partial charge in [0.25, 0.3) is 0 Å². The van der Waals surface area contributed by atoms with Crippen molar-refractivity contribution in [2.75, 3.05) is 18.5 Å². The number of pyridine rings is 1. The fraction of sp³-hybridized carbons (Fsp3) is 0.615. The molecule has 4 heteroatoms. The Morgan fingerprint density at radius 1 is 1.41 bits per heavy atom. The molecule has 3 nitrogen and oxygen atoms in total. The molecule has 0 aromatic carbocycles. The molecule has 0 fully saturated rings. The van der Waals surface area contributed by atoms with Crippen molar-refractivity contribution in [3.63, 3.8) is 0 Å². The molecule has 1 heterocycles. The number of aryl methyl sites for hydroxylation is 1. The van der Waals surface area contributed by atoms with Gasteiger partial charge in [0, 0.05) is 12.0 Å². The molecule has 0 atom stereocenters. The number of hydrogen-bond donors (Lipinski definition) is 2. The minimum atomic E-state index is -0.0268. The number of nitrogens with one attached hydrogen (secondary N) is 1. The van der Waals surface area contributed by atoms with Crippen molar-refractivity contribution < 1.29 is 5.11 Å². The van der Waals surface area contributed by atoms with Crippen LogP contribution in [0.5, 0.6) is 0 Å². The third-order valence-corrected chi connectivity index (χ3v) is 4.35. The van der Waals surface area contributed by atoms with E-state index in [-0.39, 0.29) is 12.0 Å². The Labute approximate surface area is 112 Å². The van der Waals surface area contributed by atoms with E-state index in [1.807, 2.05) is 13.1 Å². The lowest BCUT2D eigenvalue weighted by Crippen LogP contribution is -2.32. The van der Waals surface area contributed by atoms with Gasteiger partial charge in [-0.15, -0.1) is 0 Å². The van der Waals surface area contributed by atoms with Gasteiger partial charge in [0.05, 0.1) is 18.5 Å². The number of rotatable bonds is 6. The molecule has 0 radical (unpaired) electrons. The number of aliphatic hydroxyl groups is 1. The Balaban J connectivity index is 2.68. The fourth-order valence-electron chi connectivity index (χ4n) is 1.72. The molecule has 17 heavy (non-hydrogen) atoms. The quantitative estimate of drug-likeness (QED) is 0.792. The van der Waals surface area contributed by atoms with E-state index in [1.54, 1.807) is 0 Å². The third-order valence-electron chi connectivity index (χ3n) is 3.52. The summed E-state index contributed by atoms with van der Waals surface area (Å²) in [6, 6.07) is 2.06. The summed E-state index contributed by atoms with van der Waals surface area (Å²) in [4.78, 5) is 4.25. The summed E-state index contributed by atoms with van der Waals surface area (Å²) in [5, 5.41) is 12.9. The Morgan fingerprint density at radius 2 is 2.06 bits per heavy atom. The van der Waals surface area contributed by atoms with Gasteiger partial charge in [0.2, 0.25) is 0 Å². The minimum Gasteiger partial charge on any atom is -0.396 e. The molecule has 0 bridgehead atoms. The predicted octanol–water partition coefficient (Wildman–Crippen LogP) is 3.36. The van der Waals surface area contributed by atoms with Crippen LogP contribution in [-0.2, 0) is 0 Å². The van der Waals surface area contributed by atoms with Crippen LogP contribution in [0, 0.1) is 12.3 Å². The zero-order valence-corrected chi connectivity index (χ0v) is 12.3. The highest BCUT2D eigenvalue weighted by Gasteiger charge is 2.24. The molecule has 1 aromatic rings. The van der Waals surface area contributed by atoms with Gasteiger partial charge < -0.3 is 10.4 Å². The number of aliphatic hydroxyl groups excluding tert-OH is 1. The van der Waals surface area contributed by atoms with Gasteiger partial charge in [-0.1, -0.05) is 13.8 Å². The summed E-state index contributed by atoms with van der Waals surface area (Å²) < 4.78 is 0.877. The second-order valence-electron chi connectivity index (χ2n) is 4.55. The van der Waals surface area contributed by atoms with Crippen molar-refractivity contribution in [3.05, 3.63) is 22.4 Å². The van der Waals surface area contributed by atoms with Gasteiger partial charge in [-0.05, 0) is 47.3 Å². The Hall–Kier alpha value is -0.610. The van der Waals surface area contributed by atoms with Crippen LogP contribution >= 0.6 is 15.9 Å². The van der Waals surface area contributed by atoms with Gasteiger partial charge in [-0.3, -0.25) is 0 Å². The highest BCUT2D eigenvalue weighted by Crippen LogP contribution is 2.26. The monoisotopic (exact) mass is 300 g/mol. The first-order valence-corrected chi connectivity index (χ1v) is 6.83. The lowest BCUT2D eigenvalue weighted by molar-refractivity contribution is 0.127. The average molecular weight is 301 g/mol. The van der Waals surface area contributed by atoms with E-state index in [9.17, 15) is 5.11 Å². The van der Waals surface area contributed by atoms with Crippen LogP contribution in [0.25, 0.3) is 0 Å². The fourth-order valence-corrected chi connectivity index (χ4v) is 1.94. The predicted molar refractivity (Wildman–Crippen MR) is 75.3 cm³/mol. The van der Waals surface area contributed by atoms with Crippen LogP contribution < -0.4 is 5.32 Å². The first-order chi connectivity index (χ1) is 8.06. The molecule has 0 saturated heterocycles. The van der Waals surface area contributed by atoms with Crippen molar-refractivity contribution in [2.24, 2.45) is 5.41 Å². The summed E-state index contributed by atoms with van der Waals surface area (Å²) in [7, 11) is 0. The zero-order valence-electron chi connectivity index (χ0n) is 10.8. The number of aromatic nitrogens is 1. The number of halogens is 1. The van der Waals surface area contributed by atoms with E-state index in [2.05, 4.69) is 46.1 Å². The van der Waals surface area contributed by atoms with Crippen molar-refractivity contribution in [1.29, 1.82) is 0 Å². The van der Waals surface area contributed by atoms with E-state index in [0.717, 1.165) is 35.2 Å². The van der Waals surface area contributed by atoms with E-state index in [0.29, 0.717) is 0 Å². The van der Waals surface area contributed by atoms with Gasteiger partial charge in [-0.25, -0.2) is 4.98 Å². The molecule has 0 amide bonds. The van der Waals surface area contributed by atoms with Crippen LogP contribution in [0.2, 0.25) is 0 Å². The molecule has 0 unspecified atom stereocenters. The standard InChI is InChI=1S/C13H21BrN2O/c1-4-13(5-2,9-17)8-16-11-6-10(3)12(14)15-7-11/h6-7,16-17H,4-5,8-9H2,1-3H3. The van der Waals surface area contributed by atoms with Crippen LogP contribution in [0.1, 0.15) is 32.3 Å². The summed E-state index contributed by atoms with van der Waals surface area (Å²) in [5.74, 6) is 0. The highest BCUT2D eigenvalue weighted by atomic mass is 79.9. The maximum atomic E-state index is 9.49. The molecule has 0 aliphatic carbocycles. The van der Waals surface area contributed by atoms with Crippen LogP contribution in [0.3, 0.4) is 0 Å². The topological polar surface area (TPSA) is 45.1 Å². The highest BCUT2D eigenvalue weighted by molar-refractivity contribution is 9.10. The maximum Gasteiger partial charge on any atom is 0.109 e. The van der Waals surface area contributed by atoms with Gasteiger partial charge in [-0.2, -0.15) is 0 Å². The molecule has 1 aromatic heterocycles. The Bertz CT molecular complexity index is 356. The second kappa shape index (κ2) is 6.36. The number of nitrogens with zero attached hydrogens (tertiary/aromatic N) is 1. The summed E-state index contributed by atoms with van der Waals surface area (Å²) in [6.07, 6.45) is 3.75. The zero-order chi connectivity index (χ0) is 12.9. The van der Waals surface area contributed by atoms with Crippen molar-refractivity contribution in [3.8, 4) is 0 Å². The third kappa shape index (κ3) is 3.68. The van der Waals surface area contributed by atoms with E-state index >= 15 is 0 Å². The first kappa shape index (κ1) is 14.5. The molecule has 1 rings (SSSR count). The second-order valence-corrected chi connectivity index (χ2v) is 5.30. The molecular weight excluding hydrogens is 280 g/mol. The first-order valence-electron chi connectivity index (χ1n) is 6.04. The van der Waals surface area contributed by atoms with E-state index in [1.165, 1.54) is 0 Å². The van der Waals surface area contributed by atoms with E-state index < -0.39 is 0 Å². The number of anilines is 1. The lowest BCUT2D eigenvalue weighted by atomic mass is 9.83. The molecular formula is C13H21BrN2O. The van der Waals surface area contributed by atoms with Crippen LogP contribution in [-0.4, -0.2) is 23.2 Å². The van der Waals surface area contributed by atoms with Gasteiger partial charge in [0.15, 0.2) is 0 Å². The normalized spacial score (nSPS) is 11.6. The lowest BCUT2D eigenvalue weighted by Gasteiger charge is -2.30. The van der Waals surface area contributed by atoms with Crippen LogP contribution in [0.4, 0.5) is 5.69 Å². The smallest absolute Gasteiger partial charge is 0.109 e. The summed E-state index contributed by atoms with van der Waals surface area (Å²) >= 11 is 3.38. The molecule has 0 saturated carbocycles. The van der Waals surface area contributed by atoms with Crippen molar-refractivity contribution >= 4 is 21.6 Å². The summed E-state index contributed by atoms with van der Waals surface area (Å²) in [6.45, 7) is 7.25. The molecule has 96 valence electrons. The number of hydrogen-bond acceptors (Lipinski definition) is 3. The SMILES string of the molecule is CCC(CC)(CO)CNc1cnc(Br)c(C)c1. The molecule has 0 aliphatic heterocycles. The molecule has 2 N–H and O–H groups in total. The molecule has 0 spiro atoms. The van der Waals surface area contributed by atoms with Gasteiger partial charge in [0.1, 0.15) is 4.60 Å². The van der Waals surface area contributed by atoms with Crippen molar-refractivity contribution in [1.82, 2.24) is 4.98 Å². The van der Waals surface area contributed by atoms with Gasteiger partial charge >= 0.3 is 0 Å².